The molecule has 1 fully saturated rings. The first-order chi connectivity index (χ1) is 16.8. The predicted octanol–water partition coefficient (Wildman–Crippen LogP) is 4.53. The van der Waals surface area contributed by atoms with Gasteiger partial charge in [-0.3, -0.25) is 9.59 Å². The van der Waals surface area contributed by atoms with Crippen LogP contribution < -0.4 is 0 Å². The van der Waals surface area contributed by atoms with Gasteiger partial charge in [-0.2, -0.15) is 4.31 Å². The highest BCUT2D eigenvalue weighted by Gasteiger charge is 2.35. The number of sulfonamides is 1. The number of hydrogen-bond donors (Lipinski definition) is 0. The van der Waals surface area contributed by atoms with Crippen LogP contribution in [0.5, 0.6) is 0 Å². The molecule has 1 unspecified atom stereocenters. The van der Waals surface area contributed by atoms with Crippen molar-refractivity contribution in [1.29, 1.82) is 0 Å². The zero-order valence-corrected chi connectivity index (χ0v) is 19.5. The van der Waals surface area contributed by atoms with Crippen molar-refractivity contribution in [2.24, 2.45) is 5.92 Å². The third-order valence-corrected chi connectivity index (χ3v) is 7.84. The molecule has 35 heavy (non-hydrogen) atoms. The fraction of sp³-hybridized carbons (Fsp3) is 0.231. The summed E-state index contributed by atoms with van der Waals surface area (Å²) in [6.45, 7) is 0.00740. The summed E-state index contributed by atoms with van der Waals surface area (Å²) >= 11 is 0. The Morgan fingerprint density at radius 1 is 0.857 bits per heavy atom. The summed E-state index contributed by atoms with van der Waals surface area (Å²) in [6.07, 6.45) is -0.791. The first kappa shape index (κ1) is 24.7. The number of benzene rings is 3. The number of halogens is 2. The number of hydrogen-bond acceptors (Lipinski definition) is 5. The fourth-order valence-corrected chi connectivity index (χ4v) is 5.47. The molecule has 0 spiro atoms. The molecule has 1 heterocycles. The van der Waals surface area contributed by atoms with E-state index in [9.17, 15) is 26.8 Å². The van der Waals surface area contributed by atoms with Crippen molar-refractivity contribution in [3.63, 3.8) is 0 Å². The molecule has 3 aromatic carbocycles. The maximum atomic E-state index is 13.5. The van der Waals surface area contributed by atoms with E-state index in [0.717, 1.165) is 16.4 Å². The van der Waals surface area contributed by atoms with Crippen LogP contribution in [0.2, 0.25) is 0 Å². The minimum Gasteiger partial charge on any atom is -0.449 e. The normalized spacial score (nSPS) is 15.9. The Labute approximate surface area is 202 Å². The number of rotatable bonds is 7. The highest BCUT2D eigenvalue weighted by molar-refractivity contribution is 7.89. The van der Waals surface area contributed by atoms with Gasteiger partial charge in [0.25, 0.3) is 0 Å². The molecule has 9 heteroatoms. The van der Waals surface area contributed by atoms with E-state index in [1.165, 1.54) is 0 Å². The fourth-order valence-electron chi connectivity index (χ4n) is 3.99. The Morgan fingerprint density at radius 2 is 1.46 bits per heavy atom. The van der Waals surface area contributed by atoms with Crippen molar-refractivity contribution >= 4 is 21.8 Å². The SMILES string of the molecule is O=C(OC(C(=O)c1ccccc1)c1ccccc1)C1CCN(S(=O)(=O)c2ccc(F)c(F)c2)CC1. The summed E-state index contributed by atoms with van der Waals surface area (Å²) in [6, 6.07) is 19.6. The molecule has 3 aromatic rings. The molecule has 0 amide bonds. The molecule has 0 radical (unpaired) electrons. The smallest absolute Gasteiger partial charge is 0.310 e. The van der Waals surface area contributed by atoms with Gasteiger partial charge in [0, 0.05) is 24.2 Å². The van der Waals surface area contributed by atoms with Crippen molar-refractivity contribution < 1.29 is 31.5 Å². The Bertz CT molecular complexity index is 1310. The number of esters is 1. The molecular formula is C26H23F2NO5S. The van der Waals surface area contributed by atoms with Gasteiger partial charge in [-0.25, -0.2) is 17.2 Å². The quantitative estimate of drug-likeness (QED) is 0.352. The van der Waals surface area contributed by atoms with Gasteiger partial charge in [0.2, 0.25) is 15.8 Å². The van der Waals surface area contributed by atoms with E-state index in [1.807, 2.05) is 0 Å². The monoisotopic (exact) mass is 499 g/mol. The molecule has 6 nitrogen and oxygen atoms in total. The topological polar surface area (TPSA) is 80.8 Å². The molecule has 1 atom stereocenters. The first-order valence-electron chi connectivity index (χ1n) is 11.1. The van der Waals surface area contributed by atoms with E-state index in [4.69, 9.17) is 4.74 Å². The maximum Gasteiger partial charge on any atom is 0.310 e. The number of piperidine rings is 1. The molecule has 0 aromatic heterocycles. The Hall–Kier alpha value is -3.43. The summed E-state index contributed by atoms with van der Waals surface area (Å²) < 4.78 is 59.2. The Kier molecular flexibility index (Phi) is 7.37. The van der Waals surface area contributed by atoms with Crippen LogP contribution in [0.15, 0.2) is 83.8 Å². The van der Waals surface area contributed by atoms with Crippen molar-refractivity contribution in [2.75, 3.05) is 13.1 Å². The van der Waals surface area contributed by atoms with Crippen LogP contribution in [0.3, 0.4) is 0 Å². The molecule has 0 N–H and O–H groups in total. The lowest BCUT2D eigenvalue weighted by Gasteiger charge is -2.31. The lowest BCUT2D eigenvalue weighted by Crippen LogP contribution is -2.41. The van der Waals surface area contributed by atoms with E-state index in [0.29, 0.717) is 17.2 Å². The number of ketones is 1. The molecule has 0 saturated carbocycles. The standard InChI is InChI=1S/C26H23F2NO5S/c27-22-12-11-21(17-23(22)28)35(32,33)29-15-13-20(14-16-29)26(31)34-25(19-9-5-2-6-10-19)24(30)18-7-3-1-4-8-18/h1-12,17,20,25H,13-16H2. The Morgan fingerprint density at radius 3 is 2.06 bits per heavy atom. The molecule has 182 valence electrons. The summed E-state index contributed by atoms with van der Waals surface area (Å²) in [5.41, 5.74) is 0.939. The third-order valence-electron chi connectivity index (χ3n) is 5.95. The van der Waals surface area contributed by atoms with Gasteiger partial charge in [-0.15, -0.1) is 0 Å². The number of ether oxygens (including phenoxy) is 1. The average Bonchev–Trinajstić information content (AvgIpc) is 2.89. The van der Waals surface area contributed by atoms with Crippen LogP contribution in [-0.2, 0) is 19.6 Å². The van der Waals surface area contributed by atoms with Gasteiger partial charge in [0.05, 0.1) is 10.8 Å². The second kappa shape index (κ2) is 10.5. The molecule has 1 saturated heterocycles. The van der Waals surface area contributed by atoms with Crippen LogP contribution in [0.4, 0.5) is 8.78 Å². The van der Waals surface area contributed by atoms with Gasteiger partial charge in [-0.1, -0.05) is 60.7 Å². The number of Topliss-reactive ketones (excluding diaryl/α,β-unsaturated/α-hetero) is 1. The van der Waals surface area contributed by atoms with Gasteiger partial charge in [0.1, 0.15) is 0 Å². The molecule has 1 aliphatic rings. The van der Waals surface area contributed by atoms with E-state index >= 15 is 0 Å². The molecule has 0 bridgehead atoms. The summed E-state index contributed by atoms with van der Waals surface area (Å²) in [4.78, 5) is 25.8. The predicted molar refractivity (Wildman–Crippen MR) is 124 cm³/mol. The molecule has 0 aliphatic carbocycles. The van der Waals surface area contributed by atoms with Crippen molar-refractivity contribution in [1.82, 2.24) is 4.31 Å². The van der Waals surface area contributed by atoms with Gasteiger partial charge < -0.3 is 4.74 Å². The zero-order valence-electron chi connectivity index (χ0n) is 18.6. The van der Waals surface area contributed by atoms with E-state index in [1.54, 1.807) is 60.7 Å². The van der Waals surface area contributed by atoms with Crippen molar-refractivity contribution in [3.05, 3.63) is 102 Å². The van der Waals surface area contributed by atoms with E-state index < -0.39 is 39.6 Å². The molecule has 1 aliphatic heterocycles. The van der Waals surface area contributed by atoms with Gasteiger partial charge in [-0.05, 0) is 31.0 Å². The summed E-state index contributed by atoms with van der Waals surface area (Å²) in [5.74, 6) is -3.94. The first-order valence-corrected chi connectivity index (χ1v) is 12.5. The summed E-state index contributed by atoms with van der Waals surface area (Å²) in [7, 11) is -4.05. The second-order valence-corrected chi connectivity index (χ2v) is 10.2. The van der Waals surface area contributed by atoms with Crippen LogP contribution in [0.25, 0.3) is 0 Å². The number of carbonyl (C=O) groups is 2. The number of nitrogens with zero attached hydrogens (tertiary/aromatic N) is 1. The van der Waals surface area contributed by atoms with Crippen LogP contribution in [0.1, 0.15) is 34.9 Å². The maximum absolute atomic E-state index is 13.5. The minimum atomic E-state index is -4.05. The van der Waals surface area contributed by atoms with Gasteiger partial charge in [0.15, 0.2) is 17.7 Å². The van der Waals surface area contributed by atoms with E-state index in [2.05, 4.69) is 0 Å². The van der Waals surface area contributed by atoms with Crippen molar-refractivity contribution in [3.8, 4) is 0 Å². The third kappa shape index (κ3) is 5.47. The minimum absolute atomic E-state index is 0.00370. The average molecular weight is 500 g/mol. The van der Waals surface area contributed by atoms with E-state index in [-0.39, 0.29) is 36.6 Å². The summed E-state index contributed by atoms with van der Waals surface area (Å²) in [5, 5.41) is 0. The van der Waals surface area contributed by atoms with Crippen molar-refractivity contribution in [2.45, 2.75) is 23.8 Å². The number of carbonyl (C=O) groups excluding carboxylic acids is 2. The lowest BCUT2D eigenvalue weighted by molar-refractivity contribution is -0.153. The van der Waals surface area contributed by atoms with Crippen LogP contribution >= 0.6 is 0 Å². The zero-order chi connectivity index (χ0) is 25.0. The highest BCUT2D eigenvalue weighted by Crippen LogP contribution is 2.29. The molecule has 4 rings (SSSR count). The second-order valence-electron chi connectivity index (χ2n) is 8.21. The lowest BCUT2D eigenvalue weighted by atomic mass is 9.97. The largest absolute Gasteiger partial charge is 0.449 e. The van der Waals surface area contributed by atoms with Crippen LogP contribution in [0, 0.1) is 17.6 Å². The molecular weight excluding hydrogens is 476 g/mol. The highest BCUT2D eigenvalue weighted by atomic mass is 32.2. The Balaban J connectivity index is 1.46. The van der Waals surface area contributed by atoms with Crippen LogP contribution in [-0.4, -0.2) is 37.6 Å². The van der Waals surface area contributed by atoms with Gasteiger partial charge >= 0.3 is 5.97 Å².